The normalized spacial score (nSPS) is 10.6. The number of thiazole rings is 1. The number of rotatable bonds is 5. The van der Waals surface area contributed by atoms with Gasteiger partial charge in [-0.15, -0.1) is 11.3 Å². The zero-order chi connectivity index (χ0) is 18.7. The Morgan fingerprint density at radius 3 is 2.50 bits per heavy atom. The van der Waals surface area contributed by atoms with Gasteiger partial charge in [-0.25, -0.2) is 18.6 Å². The maximum atomic E-state index is 13.2. The summed E-state index contributed by atoms with van der Waals surface area (Å²) in [4.78, 5) is 29.0. The summed E-state index contributed by atoms with van der Waals surface area (Å²) in [6.45, 7) is 1.19. The number of halogens is 2. The van der Waals surface area contributed by atoms with Crippen molar-refractivity contribution in [2.75, 3.05) is 6.61 Å². The van der Waals surface area contributed by atoms with E-state index in [2.05, 4.69) is 4.98 Å². The maximum absolute atomic E-state index is 13.2. The highest BCUT2D eigenvalue weighted by Gasteiger charge is 2.21. The Labute approximate surface area is 152 Å². The molecule has 0 N–H and O–H groups in total. The first-order valence-electron chi connectivity index (χ1n) is 7.64. The van der Waals surface area contributed by atoms with Crippen molar-refractivity contribution < 1.29 is 23.1 Å². The first-order valence-corrected chi connectivity index (χ1v) is 8.45. The van der Waals surface area contributed by atoms with Crippen LogP contribution in [0.4, 0.5) is 8.78 Å². The number of nitrogens with zero attached hydrogens (tertiary/aromatic N) is 1. The van der Waals surface area contributed by atoms with Crippen LogP contribution in [0.3, 0.4) is 0 Å². The zero-order valence-electron chi connectivity index (χ0n) is 13.7. The molecule has 0 aliphatic rings. The van der Waals surface area contributed by atoms with Gasteiger partial charge in [0.1, 0.15) is 4.88 Å². The van der Waals surface area contributed by atoms with Crippen molar-refractivity contribution in [1.29, 1.82) is 0 Å². The second-order valence-electron chi connectivity index (χ2n) is 5.40. The van der Waals surface area contributed by atoms with Crippen molar-refractivity contribution >= 4 is 23.1 Å². The number of ketones is 1. The number of aryl methyl sites for hydroxylation is 1. The number of ether oxygens (including phenoxy) is 1. The maximum Gasteiger partial charge on any atom is 0.351 e. The molecule has 0 unspecified atom stereocenters. The average molecular weight is 373 g/mol. The minimum absolute atomic E-state index is 0.0690. The van der Waals surface area contributed by atoms with Crippen LogP contribution in [0.2, 0.25) is 0 Å². The Morgan fingerprint density at radius 2 is 1.81 bits per heavy atom. The van der Waals surface area contributed by atoms with E-state index >= 15 is 0 Å². The summed E-state index contributed by atoms with van der Waals surface area (Å²) in [7, 11) is 0. The number of carbonyl (C=O) groups excluding carboxylic acids is 2. The predicted octanol–water partition coefficient (Wildman–Crippen LogP) is 4.44. The third-order valence-corrected chi connectivity index (χ3v) is 4.49. The van der Waals surface area contributed by atoms with E-state index in [1.165, 1.54) is 0 Å². The summed E-state index contributed by atoms with van der Waals surface area (Å²) in [5, 5.41) is 0.683. The summed E-state index contributed by atoms with van der Waals surface area (Å²) < 4.78 is 31.2. The third-order valence-electron chi connectivity index (χ3n) is 3.54. The standard InChI is InChI=1S/C19H13F2NO3S/c1-11-22-17(12-5-3-2-4-6-12)18(26-11)19(24)25-10-16(23)13-7-8-14(20)15(21)9-13/h2-9H,10H2,1H3. The van der Waals surface area contributed by atoms with Crippen molar-refractivity contribution in [3.05, 3.63) is 75.6 Å². The fourth-order valence-corrected chi connectivity index (χ4v) is 3.14. The second kappa shape index (κ2) is 7.53. The largest absolute Gasteiger partial charge is 0.453 e. The average Bonchev–Trinajstić information content (AvgIpc) is 3.04. The van der Waals surface area contributed by atoms with Crippen LogP contribution in [0.1, 0.15) is 25.0 Å². The monoisotopic (exact) mass is 373 g/mol. The van der Waals surface area contributed by atoms with E-state index < -0.39 is 30.0 Å². The quantitative estimate of drug-likeness (QED) is 0.490. The highest BCUT2D eigenvalue weighted by molar-refractivity contribution is 7.14. The number of esters is 1. The topological polar surface area (TPSA) is 56.3 Å². The van der Waals surface area contributed by atoms with Crippen molar-refractivity contribution in [1.82, 2.24) is 4.98 Å². The SMILES string of the molecule is Cc1nc(-c2ccccc2)c(C(=O)OCC(=O)c2ccc(F)c(F)c2)s1. The Balaban J connectivity index is 1.75. The van der Waals surface area contributed by atoms with Crippen LogP contribution in [0.15, 0.2) is 48.5 Å². The molecule has 132 valence electrons. The van der Waals surface area contributed by atoms with Gasteiger partial charge in [0.05, 0.1) is 10.7 Å². The molecule has 26 heavy (non-hydrogen) atoms. The number of Topliss-reactive ketones (excluding diaryl/α,β-unsaturated/α-hetero) is 1. The summed E-state index contributed by atoms with van der Waals surface area (Å²) in [5.74, 6) is -3.50. The molecule has 0 radical (unpaired) electrons. The highest BCUT2D eigenvalue weighted by Crippen LogP contribution is 2.28. The third kappa shape index (κ3) is 3.83. The number of carbonyl (C=O) groups is 2. The first kappa shape index (κ1) is 17.9. The van der Waals surface area contributed by atoms with Crippen LogP contribution in [-0.4, -0.2) is 23.3 Å². The van der Waals surface area contributed by atoms with E-state index in [1.54, 1.807) is 6.92 Å². The zero-order valence-corrected chi connectivity index (χ0v) is 14.5. The van der Waals surface area contributed by atoms with Gasteiger partial charge in [0.25, 0.3) is 0 Å². The van der Waals surface area contributed by atoms with Crippen molar-refractivity contribution in [2.24, 2.45) is 0 Å². The Morgan fingerprint density at radius 1 is 1.08 bits per heavy atom. The van der Waals surface area contributed by atoms with E-state index in [1.807, 2.05) is 30.3 Å². The Bertz CT molecular complexity index is 970. The van der Waals surface area contributed by atoms with E-state index in [0.717, 1.165) is 35.1 Å². The first-order chi connectivity index (χ1) is 12.5. The molecule has 3 aromatic rings. The van der Waals surface area contributed by atoms with Gasteiger partial charge in [-0.05, 0) is 25.1 Å². The van der Waals surface area contributed by atoms with Crippen LogP contribution in [0, 0.1) is 18.6 Å². The van der Waals surface area contributed by atoms with Gasteiger partial charge in [-0.3, -0.25) is 4.79 Å². The van der Waals surface area contributed by atoms with Crippen LogP contribution >= 0.6 is 11.3 Å². The van der Waals surface area contributed by atoms with E-state index in [-0.39, 0.29) is 10.4 Å². The molecule has 0 amide bonds. The van der Waals surface area contributed by atoms with Crippen molar-refractivity contribution in [3.63, 3.8) is 0 Å². The molecule has 0 saturated carbocycles. The van der Waals surface area contributed by atoms with Crippen molar-refractivity contribution in [3.8, 4) is 11.3 Å². The molecule has 0 spiro atoms. The number of benzene rings is 2. The van der Waals surface area contributed by atoms with Gasteiger partial charge in [0, 0.05) is 11.1 Å². The van der Waals surface area contributed by atoms with Gasteiger partial charge in [-0.1, -0.05) is 30.3 Å². The Hall–Kier alpha value is -2.93. The Kier molecular flexibility index (Phi) is 5.18. The van der Waals surface area contributed by atoms with Gasteiger partial charge in [0.2, 0.25) is 0 Å². The molecular weight excluding hydrogens is 360 g/mol. The summed E-state index contributed by atoms with van der Waals surface area (Å²) >= 11 is 1.16. The molecule has 7 heteroatoms. The van der Waals surface area contributed by atoms with E-state index in [4.69, 9.17) is 4.74 Å². The fraction of sp³-hybridized carbons (Fsp3) is 0.105. The van der Waals surface area contributed by atoms with Crippen LogP contribution in [0.5, 0.6) is 0 Å². The van der Waals surface area contributed by atoms with Gasteiger partial charge in [-0.2, -0.15) is 0 Å². The number of aromatic nitrogens is 1. The fourth-order valence-electron chi connectivity index (χ4n) is 2.31. The molecule has 0 aliphatic carbocycles. The molecular formula is C19H13F2NO3S. The second-order valence-corrected chi connectivity index (χ2v) is 6.61. The van der Waals surface area contributed by atoms with Crippen LogP contribution in [-0.2, 0) is 4.74 Å². The molecule has 1 aromatic heterocycles. The van der Waals surface area contributed by atoms with Gasteiger partial charge >= 0.3 is 5.97 Å². The van der Waals surface area contributed by atoms with Gasteiger partial charge in [0.15, 0.2) is 24.0 Å². The molecule has 0 saturated heterocycles. The molecule has 2 aromatic carbocycles. The minimum Gasteiger partial charge on any atom is -0.453 e. The molecule has 0 fully saturated rings. The molecule has 3 rings (SSSR count). The van der Waals surface area contributed by atoms with E-state index in [9.17, 15) is 18.4 Å². The molecule has 1 heterocycles. The summed E-state index contributed by atoms with van der Waals surface area (Å²) in [5.41, 5.74) is 1.18. The van der Waals surface area contributed by atoms with Gasteiger partial charge < -0.3 is 4.74 Å². The smallest absolute Gasteiger partial charge is 0.351 e. The highest BCUT2D eigenvalue weighted by atomic mass is 32.1. The van der Waals surface area contributed by atoms with Crippen LogP contribution < -0.4 is 0 Å². The minimum atomic E-state index is -1.13. The lowest BCUT2D eigenvalue weighted by Gasteiger charge is -2.05. The van der Waals surface area contributed by atoms with Crippen LogP contribution in [0.25, 0.3) is 11.3 Å². The predicted molar refractivity (Wildman–Crippen MR) is 93.3 cm³/mol. The molecule has 0 atom stereocenters. The van der Waals surface area contributed by atoms with E-state index in [0.29, 0.717) is 10.7 Å². The summed E-state index contributed by atoms with van der Waals surface area (Å²) in [6, 6.07) is 11.9. The lowest BCUT2D eigenvalue weighted by molar-refractivity contribution is 0.0480. The molecule has 4 nitrogen and oxygen atoms in total. The lowest BCUT2D eigenvalue weighted by Crippen LogP contribution is -2.14. The molecule has 0 aliphatic heterocycles. The summed E-state index contributed by atoms with van der Waals surface area (Å²) in [6.07, 6.45) is 0. The lowest BCUT2D eigenvalue weighted by atomic mass is 10.1. The van der Waals surface area contributed by atoms with Crippen molar-refractivity contribution in [2.45, 2.75) is 6.92 Å². The number of hydrogen-bond donors (Lipinski definition) is 0. The molecule has 0 bridgehead atoms. The number of hydrogen-bond acceptors (Lipinski definition) is 5.